The molecule has 0 fully saturated rings. The monoisotopic (exact) mass is 377 g/mol. The summed E-state index contributed by atoms with van der Waals surface area (Å²) in [7, 11) is 0. The number of nitrogens with one attached hydrogen (secondary N) is 2. The molecule has 2 amide bonds. The molecule has 1 unspecified atom stereocenters. The molecule has 28 heavy (non-hydrogen) atoms. The number of aromatic amines is 1. The van der Waals surface area contributed by atoms with Crippen molar-refractivity contribution >= 4 is 22.6 Å². The molecule has 0 radical (unpaired) electrons. The molecule has 6 heteroatoms. The van der Waals surface area contributed by atoms with Crippen molar-refractivity contribution < 1.29 is 4.79 Å². The van der Waals surface area contributed by atoms with Gasteiger partial charge in [-0.2, -0.15) is 0 Å². The van der Waals surface area contributed by atoms with Crippen LogP contribution in [-0.4, -0.2) is 39.0 Å². The molecule has 1 aliphatic heterocycles. The lowest BCUT2D eigenvalue weighted by Gasteiger charge is -2.28. The SMILES string of the molecule is CCC1=CC(NC(=O)N2CC=C(c3ncnc4[nH]cc(C)c34)CC2)=CCC1C. The molecule has 146 valence electrons. The number of H-pyrrole nitrogens is 1. The summed E-state index contributed by atoms with van der Waals surface area (Å²) >= 11 is 0. The second kappa shape index (κ2) is 7.62. The quantitative estimate of drug-likeness (QED) is 0.836. The summed E-state index contributed by atoms with van der Waals surface area (Å²) in [6.45, 7) is 7.73. The first kappa shape index (κ1) is 18.5. The van der Waals surface area contributed by atoms with Crippen molar-refractivity contribution in [3.05, 3.63) is 53.3 Å². The van der Waals surface area contributed by atoms with Gasteiger partial charge in [0.25, 0.3) is 0 Å². The Kier molecular flexibility index (Phi) is 5.03. The van der Waals surface area contributed by atoms with Gasteiger partial charge in [-0.25, -0.2) is 14.8 Å². The van der Waals surface area contributed by atoms with Crippen molar-refractivity contribution in [3.8, 4) is 0 Å². The number of allylic oxidation sites excluding steroid dienone is 3. The van der Waals surface area contributed by atoms with Crippen molar-refractivity contribution in [1.82, 2.24) is 25.2 Å². The number of carbonyl (C=O) groups is 1. The Morgan fingerprint density at radius 2 is 2.21 bits per heavy atom. The number of hydrogen-bond donors (Lipinski definition) is 2. The Balaban J connectivity index is 1.46. The summed E-state index contributed by atoms with van der Waals surface area (Å²) in [5.41, 5.74) is 6.48. The summed E-state index contributed by atoms with van der Waals surface area (Å²) in [6, 6.07) is -0.0338. The van der Waals surface area contributed by atoms with Crippen LogP contribution in [0.1, 0.15) is 44.4 Å². The van der Waals surface area contributed by atoms with Crippen LogP contribution in [-0.2, 0) is 0 Å². The van der Waals surface area contributed by atoms with Gasteiger partial charge in [-0.1, -0.05) is 31.6 Å². The number of fused-ring (bicyclic) bond motifs is 1. The number of nitrogens with zero attached hydrogens (tertiary/aromatic N) is 3. The number of hydrogen-bond acceptors (Lipinski definition) is 3. The third-order valence-corrected chi connectivity index (χ3v) is 5.79. The van der Waals surface area contributed by atoms with Gasteiger partial charge in [-0.3, -0.25) is 0 Å². The number of rotatable bonds is 3. The summed E-state index contributed by atoms with van der Waals surface area (Å²) in [5.74, 6) is 0.563. The molecule has 0 aromatic carbocycles. The zero-order chi connectivity index (χ0) is 19.7. The Hall–Kier alpha value is -2.89. The van der Waals surface area contributed by atoms with Gasteiger partial charge in [0.15, 0.2) is 0 Å². The summed E-state index contributed by atoms with van der Waals surface area (Å²) in [4.78, 5) is 26.6. The third-order valence-electron chi connectivity index (χ3n) is 5.79. The van der Waals surface area contributed by atoms with Crippen molar-refractivity contribution in [3.63, 3.8) is 0 Å². The van der Waals surface area contributed by atoms with Gasteiger partial charge in [-0.15, -0.1) is 0 Å². The minimum absolute atomic E-state index is 0.0338. The molecule has 0 saturated carbocycles. The first-order chi connectivity index (χ1) is 13.6. The van der Waals surface area contributed by atoms with E-state index in [0.29, 0.717) is 19.0 Å². The first-order valence-electron chi connectivity index (χ1n) is 10.0. The van der Waals surface area contributed by atoms with Crippen molar-refractivity contribution in [1.29, 1.82) is 0 Å². The van der Waals surface area contributed by atoms with E-state index in [1.54, 1.807) is 6.33 Å². The molecule has 2 N–H and O–H groups in total. The van der Waals surface area contributed by atoms with Gasteiger partial charge in [0.05, 0.1) is 5.69 Å². The standard InChI is InChI=1S/C22H27N5O/c1-4-16-11-18(6-5-14(16)2)26-22(28)27-9-7-17(8-10-27)20-19-15(3)12-23-21(19)25-13-24-20/h6-7,11-14H,4-5,8-10H2,1-3H3,(H,26,28)(H,23,24,25). The molecule has 4 rings (SSSR count). The van der Waals surface area contributed by atoms with Crippen molar-refractivity contribution in [2.75, 3.05) is 13.1 Å². The van der Waals surface area contributed by atoms with Gasteiger partial charge < -0.3 is 15.2 Å². The highest BCUT2D eigenvalue weighted by molar-refractivity contribution is 5.91. The highest BCUT2D eigenvalue weighted by Gasteiger charge is 2.22. The Morgan fingerprint density at radius 1 is 1.36 bits per heavy atom. The highest BCUT2D eigenvalue weighted by atomic mass is 16.2. The van der Waals surface area contributed by atoms with E-state index in [0.717, 1.165) is 47.3 Å². The van der Waals surface area contributed by atoms with E-state index in [4.69, 9.17) is 0 Å². The van der Waals surface area contributed by atoms with E-state index >= 15 is 0 Å². The lowest BCUT2D eigenvalue weighted by Crippen LogP contribution is -2.41. The van der Waals surface area contributed by atoms with Crippen LogP contribution in [0.3, 0.4) is 0 Å². The predicted molar refractivity (Wildman–Crippen MR) is 112 cm³/mol. The molecule has 2 aromatic heterocycles. The molecule has 6 nitrogen and oxygen atoms in total. The smallest absolute Gasteiger partial charge is 0.322 e. The molecular weight excluding hydrogens is 350 g/mol. The van der Waals surface area contributed by atoms with Gasteiger partial charge in [0.1, 0.15) is 12.0 Å². The second-order valence-electron chi connectivity index (χ2n) is 7.64. The highest BCUT2D eigenvalue weighted by Crippen LogP contribution is 2.29. The molecule has 3 heterocycles. The van der Waals surface area contributed by atoms with Crippen LogP contribution in [0.5, 0.6) is 0 Å². The van der Waals surface area contributed by atoms with E-state index in [9.17, 15) is 4.79 Å². The maximum Gasteiger partial charge on any atom is 0.322 e. The molecular formula is C22H27N5O. The van der Waals surface area contributed by atoms with E-state index in [1.165, 1.54) is 11.1 Å². The first-order valence-corrected chi connectivity index (χ1v) is 10.0. The van der Waals surface area contributed by atoms with Gasteiger partial charge in [0.2, 0.25) is 0 Å². The molecule has 2 aromatic rings. The zero-order valence-corrected chi connectivity index (χ0v) is 16.7. The molecule has 1 atom stereocenters. The molecule has 0 saturated heterocycles. The molecule has 0 bridgehead atoms. The van der Waals surface area contributed by atoms with Gasteiger partial charge in [0, 0.05) is 30.4 Å². The minimum Gasteiger partial charge on any atom is -0.346 e. The number of amides is 2. The maximum atomic E-state index is 12.7. The van der Waals surface area contributed by atoms with Gasteiger partial charge in [-0.05, 0) is 49.3 Å². The summed E-state index contributed by atoms with van der Waals surface area (Å²) < 4.78 is 0. The fourth-order valence-corrected chi connectivity index (χ4v) is 4.03. The predicted octanol–water partition coefficient (Wildman–Crippen LogP) is 4.33. The maximum absolute atomic E-state index is 12.7. The summed E-state index contributed by atoms with van der Waals surface area (Å²) in [5, 5.41) is 4.15. The van der Waals surface area contributed by atoms with Gasteiger partial charge >= 0.3 is 6.03 Å². The topological polar surface area (TPSA) is 73.9 Å². The van der Waals surface area contributed by atoms with Crippen LogP contribution in [0.15, 0.2) is 42.0 Å². The minimum atomic E-state index is -0.0338. The molecule has 2 aliphatic rings. The van der Waals surface area contributed by atoms with Crippen LogP contribution < -0.4 is 5.32 Å². The number of carbonyl (C=O) groups excluding carboxylic acids is 1. The lowest BCUT2D eigenvalue weighted by molar-refractivity contribution is 0.206. The number of aryl methyl sites for hydroxylation is 1. The number of urea groups is 1. The third kappa shape index (κ3) is 3.46. The van der Waals surface area contributed by atoms with Crippen molar-refractivity contribution in [2.45, 2.75) is 40.0 Å². The second-order valence-corrected chi connectivity index (χ2v) is 7.64. The molecule has 0 spiro atoms. The average molecular weight is 377 g/mol. The van der Waals surface area contributed by atoms with E-state index in [-0.39, 0.29) is 6.03 Å². The van der Waals surface area contributed by atoms with Crippen LogP contribution in [0.4, 0.5) is 4.79 Å². The van der Waals surface area contributed by atoms with Crippen LogP contribution in [0.25, 0.3) is 16.6 Å². The van der Waals surface area contributed by atoms with Crippen molar-refractivity contribution in [2.24, 2.45) is 5.92 Å². The van der Waals surface area contributed by atoms with E-state index in [1.807, 2.05) is 11.1 Å². The fraction of sp³-hybridized carbons (Fsp3) is 0.409. The zero-order valence-electron chi connectivity index (χ0n) is 16.7. The van der Waals surface area contributed by atoms with Crippen LogP contribution in [0, 0.1) is 12.8 Å². The Bertz CT molecular complexity index is 998. The van der Waals surface area contributed by atoms with Crippen LogP contribution >= 0.6 is 0 Å². The molecule has 1 aliphatic carbocycles. The Labute approximate surface area is 165 Å². The van der Waals surface area contributed by atoms with E-state index < -0.39 is 0 Å². The van der Waals surface area contributed by atoms with E-state index in [2.05, 4.69) is 59.3 Å². The average Bonchev–Trinajstić information content (AvgIpc) is 3.10. The van der Waals surface area contributed by atoms with Crippen LogP contribution in [0.2, 0.25) is 0 Å². The fourth-order valence-electron chi connectivity index (χ4n) is 4.03. The number of aromatic nitrogens is 3. The largest absolute Gasteiger partial charge is 0.346 e. The normalized spacial score (nSPS) is 19.9. The Morgan fingerprint density at radius 3 is 2.96 bits per heavy atom. The summed E-state index contributed by atoms with van der Waals surface area (Å²) in [6.07, 6.45) is 12.7. The lowest BCUT2D eigenvalue weighted by atomic mass is 9.90.